The number of ether oxygens (including phenoxy) is 1. The molecule has 158 valence electrons. The topological polar surface area (TPSA) is 76.9 Å². The van der Waals surface area contributed by atoms with Crippen LogP contribution in [-0.2, 0) is 18.4 Å². The maximum Gasteiger partial charge on any atom is 0.134 e. The Hall–Kier alpha value is -3.40. The molecule has 31 heavy (non-hydrogen) atoms. The minimum Gasteiger partial charge on any atom is -0.361 e. The van der Waals surface area contributed by atoms with Crippen molar-refractivity contribution >= 4 is 12.4 Å². The van der Waals surface area contributed by atoms with Crippen LogP contribution < -0.4 is 0 Å². The van der Waals surface area contributed by atoms with Crippen molar-refractivity contribution in [3.63, 3.8) is 0 Å². The molecule has 0 radical (unpaired) electrons. The molecule has 6 nitrogen and oxygen atoms in total. The molecular formula is C24H23ClN4O2. The number of nitrogens with zero attached hydrogens (tertiary/aromatic N) is 4. The first kappa shape index (κ1) is 22.3. The number of nitriles is 1. The van der Waals surface area contributed by atoms with Crippen molar-refractivity contribution in [2.24, 2.45) is 7.05 Å². The molecule has 0 spiro atoms. The maximum atomic E-state index is 9.67. The van der Waals surface area contributed by atoms with Crippen LogP contribution in [0.5, 0.6) is 0 Å². The Morgan fingerprint density at radius 3 is 2.58 bits per heavy atom. The van der Waals surface area contributed by atoms with Crippen LogP contribution in [0.4, 0.5) is 0 Å². The summed E-state index contributed by atoms with van der Waals surface area (Å²) in [7, 11) is 1.94. The third-order valence-electron chi connectivity index (χ3n) is 5.10. The van der Waals surface area contributed by atoms with Crippen LogP contribution in [0.1, 0.15) is 39.9 Å². The van der Waals surface area contributed by atoms with Gasteiger partial charge in [0.15, 0.2) is 0 Å². The van der Waals surface area contributed by atoms with Gasteiger partial charge in [-0.05, 0) is 42.7 Å². The largest absolute Gasteiger partial charge is 0.361 e. The number of halogens is 1. The fraction of sp³-hybridized carbons (Fsp3) is 0.208. The van der Waals surface area contributed by atoms with E-state index in [9.17, 15) is 5.26 Å². The second-order valence-electron chi connectivity index (χ2n) is 7.28. The maximum absolute atomic E-state index is 9.67. The molecule has 1 unspecified atom stereocenters. The molecule has 0 N–H and O–H groups in total. The number of aryl methyl sites for hydroxylation is 3. The van der Waals surface area contributed by atoms with Crippen molar-refractivity contribution in [2.45, 2.75) is 26.6 Å². The van der Waals surface area contributed by atoms with E-state index in [1.807, 2.05) is 74.0 Å². The molecule has 2 aromatic heterocycles. The first-order valence-electron chi connectivity index (χ1n) is 9.67. The summed E-state index contributed by atoms with van der Waals surface area (Å²) in [5.74, 6) is 0.742. The second kappa shape index (κ2) is 9.61. The smallest absolute Gasteiger partial charge is 0.134 e. The normalized spacial score (nSPS) is 11.5. The summed E-state index contributed by atoms with van der Waals surface area (Å²) in [5, 5.41) is 13.7. The van der Waals surface area contributed by atoms with Gasteiger partial charge in [-0.3, -0.25) is 0 Å². The van der Waals surface area contributed by atoms with E-state index in [1.54, 1.807) is 12.5 Å². The number of rotatable bonds is 6. The van der Waals surface area contributed by atoms with E-state index in [4.69, 9.17) is 9.26 Å². The Morgan fingerprint density at radius 1 is 1.13 bits per heavy atom. The predicted octanol–water partition coefficient (Wildman–Crippen LogP) is 5.29. The molecule has 2 aromatic carbocycles. The predicted molar refractivity (Wildman–Crippen MR) is 120 cm³/mol. The molecule has 4 aromatic rings. The lowest BCUT2D eigenvalue weighted by atomic mass is 9.93. The molecule has 0 aliphatic carbocycles. The SMILES string of the molecule is Cc1cc(COC(c2ccc(C#N)c(-c3ccccc3C)c2)c2cncn2C)no1.Cl. The molecule has 0 fully saturated rings. The van der Waals surface area contributed by atoms with E-state index < -0.39 is 0 Å². The van der Waals surface area contributed by atoms with Crippen LogP contribution in [0.3, 0.4) is 0 Å². The van der Waals surface area contributed by atoms with Crippen LogP contribution in [-0.4, -0.2) is 14.7 Å². The van der Waals surface area contributed by atoms with Gasteiger partial charge in [-0.2, -0.15) is 5.26 Å². The van der Waals surface area contributed by atoms with Crippen LogP contribution >= 0.6 is 12.4 Å². The molecule has 0 bridgehead atoms. The van der Waals surface area contributed by atoms with Gasteiger partial charge >= 0.3 is 0 Å². The summed E-state index contributed by atoms with van der Waals surface area (Å²) >= 11 is 0. The highest BCUT2D eigenvalue weighted by atomic mass is 35.5. The lowest BCUT2D eigenvalue weighted by molar-refractivity contribution is 0.0585. The van der Waals surface area contributed by atoms with Crippen molar-refractivity contribution in [3.8, 4) is 17.2 Å². The van der Waals surface area contributed by atoms with E-state index in [1.165, 1.54) is 0 Å². The molecule has 0 aliphatic rings. The Kier molecular flexibility index (Phi) is 6.91. The third-order valence-corrected chi connectivity index (χ3v) is 5.10. The second-order valence-corrected chi connectivity index (χ2v) is 7.28. The molecule has 2 heterocycles. The molecule has 4 rings (SSSR count). The van der Waals surface area contributed by atoms with Gasteiger partial charge in [-0.1, -0.05) is 35.5 Å². The monoisotopic (exact) mass is 434 g/mol. The fourth-order valence-corrected chi connectivity index (χ4v) is 3.55. The molecule has 0 saturated carbocycles. The quantitative estimate of drug-likeness (QED) is 0.412. The zero-order valence-corrected chi connectivity index (χ0v) is 18.4. The van der Waals surface area contributed by atoms with Gasteiger partial charge in [0.1, 0.15) is 17.6 Å². The van der Waals surface area contributed by atoms with E-state index in [0.717, 1.165) is 39.4 Å². The Balaban J connectivity index is 0.00000272. The third kappa shape index (κ3) is 4.69. The van der Waals surface area contributed by atoms with Gasteiger partial charge < -0.3 is 13.8 Å². The van der Waals surface area contributed by atoms with E-state index in [2.05, 4.69) is 16.2 Å². The van der Waals surface area contributed by atoms with E-state index in [0.29, 0.717) is 12.2 Å². The number of imidazole rings is 1. The number of hydrogen-bond acceptors (Lipinski definition) is 5. The molecule has 7 heteroatoms. The Labute approximate surface area is 187 Å². The van der Waals surface area contributed by atoms with Crippen LogP contribution in [0.15, 0.2) is 65.6 Å². The highest BCUT2D eigenvalue weighted by Crippen LogP contribution is 2.33. The van der Waals surface area contributed by atoms with Crippen LogP contribution in [0, 0.1) is 25.2 Å². The summed E-state index contributed by atoms with van der Waals surface area (Å²) in [5.41, 5.74) is 6.25. The number of benzene rings is 2. The molecular weight excluding hydrogens is 412 g/mol. The zero-order valence-electron chi connectivity index (χ0n) is 17.6. The Bertz CT molecular complexity index is 1220. The first-order chi connectivity index (χ1) is 14.6. The van der Waals surface area contributed by atoms with Gasteiger partial charge in [-0.15, -0.1) is 12.4 Å². The summed E-state index contributed by atoms with van der Waals surface area (Å²) in [6.07, 6.45) is 3.17. The van der Waals surface area contributed by atoms with Gasteiger partial charge in [0.2, 0.25) is 0 Å². The van der Waals surface area contributed by atoms with Crippen LogP contribution in [0.2, 0.25) is 0 Å². The highest BCUT2D eigenvalue weighted by molar-refractivity contribution is 5.85. The summed E-state index contributed by atoms with van der Waals surface area (Å²) in [4.78, 5) is 4.25. The molecule has 0 aliphatic heterocycles. The van der Waals surface area contributed by atoms with Crippen LogP contribution in [0.25, 0.3) is 11.1 Å². The summed E-state index contributed by atoms with van der Waals surface area (Å²) in [6, 6.07) is 18.1. The molecule has 1 atom stereocenters. The average Bonchev–Trinajstić information content (AvgIpc) is 3.36. The van der Waals surface area contributed by atoms with Crippen molar-refractivity contribution in [3.05, 3.63) is 94.9 Å². The summed E-state index contributed by atoms with van der Waals surface area (Å²) in [6.45, 7) is 4.20. The molecule has 0 saturated heterocycles. The minimum atomic E-state index is -0.370. The van der Waals surface area contributed by atoms with E-state index >= 15 is 0 Å². The van der Waals surface area contributed by atoms with Crippen molar-refractivity contribution in [1.82, 2.24) is 14.7 Å². The zero-order chi connectivity index (χ0) is 21.1. The number of aromatic nitrogens is 3. The van der Waals surface area contributed by atoms with Gasteiger partial charge in [0, 0.05) is 18.7 Å². The van der Waals surface area contributed by atoms with Gasteiger partial charge in [0.05, 0.1) is 36.5 Å². The van der Waals surface area contributed by atoms with Gasteiger partial charge in [0.25, 0.3) is 0 Å². The van der Waals surface area contributed by atoms with Gasteiger partial charge in [-0.25, -0.2) is 4.98 Å². The van der Waals surface area contributed by atoms with Crippen molar-refractivity contribution in [2.75, 3.05) is 0 Å². The highest BCUT2D eigenvalue weighted by Gasteiger charge is 2.21. The fourth-order valence-electron chi connectivity index (χ4n) is 3.55. The number of hydrogen-bond donors (Lipinski definition) is 0. The van der Waals surface area contributed by atoms with Crippen molar-refractivity contribution < 1.29 is 9.26 Å². The lowest BCUT2D eigenvalue weighted by Gasteiger charge is -2.20. The molecule has 0 amide bonds. The standard InChI is InChI=1S/C24H22N4O2.ClH/c1-16-6-4-5-7-21(16)22-11-18(8-9-19(22)12-25)24(23-13-26-15-28(23)3)29-14-20-10-17(2)30-27-20;/h4-11,13,15,24H,14H2,1-3H3;1H. The average molecular weight is 435 g/mol. The minimum absolute atomic E-state index is 0. The Morgan fingerprint density at radius 2 is 1.94 bits per heavy atom. The van der Waals surface area contributed by atoms with E-state index in [-0.39, 0.29) is 18.5 Å². The van der Waals surface area contributed by atoms with Crippen molar-refractivity contribution in [1.29, 1.82) is 5.26 Å². The lowest BCUT2D eigenvalue weighted by Crippen LogP contribution is -2.11. The first-order valence-corrected chi connectivity index (χ1v) is 9.67. The summed E-state index contributed by atoms with van der Waals surface area (Å²) < 4.78 is 13.4.